The van der Waals surface area contributed by atoms with Gasteiger partial charge in [-0.1, -0.05) is 25.2 Å². The lowest BCUT2D eigenvalue weighted by atomic mass is 10.1. The second-order valence-electron chi connectivity index (χ2n) is 4.14. The number of hydrogen-bond donors (Lipinski definition) is 3. The molecule has 0 spiro atoms. The van der Waals surface area contributed by atoms with E-state index < -0.39 is 22.0 Å². The van der Waals surface area contributed by atoms with Crippen molar-refractivity contribution in [3.63, 3.8) is 0 Å². The van der Waals surface area contributed by atoms with E-state index in [1.807, 2.05) is 0 Å². The Morgan fingerprint density at radius 2 is 2.06 bits per heavy atom. The Kier molecular flexibility index (Phi) is 4.30. The molecule has 18 heavy (non-hydrogen) atoms. The van der Waals surface area contributed by atoms with Crippen molar-refractivity contribution in [1.82, 2.24) is 4.98 Å². The van der Waals surface area contributed by atoms with Gasteiger partial charge in [-0.15, -0.1) is 0 Å². The maximum Gasteiger partial charge on any atom is 0.326 e. The summed E-state index contributed by atoms with van der Waals surface area (Å²) < 4.78 is 22.4. The largest absolute Gasteiger partial charge is 0.480 e. The van der Waals surface area contributed by atoms with Crippen molar-refractivity contribution < 1.29 is 18.3 Å². The van der Waals surface area contributed by atoms with Crippen LogP contribution in [0.3, 0.4) is 0 Å². The minimum Gasteiger partial charge on any atom is -0.480 e. The first-order valence-electron chi connectivity index (χ1n) is 5.12. The van der Waals surface area contributed by atoms with Gasteiger partial charge >= 0.3 is 5.97 Å². The summed E-state index contributed by atoms with van der Waals surface area (Å²) in [6.45, 7) is 4.99. The predicted molar refractivity (Wildman–Crippen MR) is 68.1 cm³/mol. The number of aliphatic carboxylic acids is 1. The van der Waals surface area contributed by atoms with Crippen LogP contribution in [-0.4, -0.2) is 30.5 Å². The van der Waals surface area contributed by atoms with Gasteiger partial charge in [-0.25, -0.2) is 23.3 Å². The fraction of sp³-hybridized carbons (Fsp3) is 0.556. The molecule has 7 nitrogen and oxygen atoms in total. The van der Waals surface area contributed by atoms with Gasteiger partial charge in [0, 0.05) is 0 Å². The fourth-order valence-corrected chi connectivity index (χ4v) is 3.25. The molecule has 9 heteroatoms. The highest BCUT2D eigenvalue weighted by Gasteiger charge is 2.24. The lowest BCUT2D eigenvalue weighted by Gasteiger charge is -2.16. The highest BCUT2D eigenvalue weighted by atomic mass is 32.2. The van der Waals surface area contributed by atoms with E-state index in [0.29, 0.717) is 0 Å². The van der Waals surface area contributed by atoms with Crippen molar-refractivity contribution >= 4 is 32.5 Å². The first kappa shape index (κ1) is 14.9. The molecule has 0 unspecified atom stereocenters. The first-order chi connectivity index (χ1) is 8.12. The van der Waals surface area contributed by atoms with Crippen LogP contribution in [0.4, 0.5) is 5.13 Å². The Balaban J connectivity index is 3.03. The molecule has 0 aliphatic carbocycles. The molecular weight excluding hydrogens is 278 g/mol. The van der Waals surface area contributed by atoms with E-state index in [2.05, 4.69) is 10.3 Å². The molecule has 1 atom stereocenters. The van der Waals surface area contributed by atoms with Crippen LogP contribution in [-0.2, 0) is 14.8 Å². The molecule has 1 aromatic heterocycles. The normalized spacial score (nSPS) is 13.6. The summed E-state index contributed by atoms with van der Waals surface area (Å²) in [7, 11) is -3.82. The molecule has 0 radical (unpaired) electrons. The number of anilines is 1. The molecular formula is C9H15N3O4S2. The van der Waals surface area contributed by atoms with E-state index in [0.717, 1.165) is 11.3 Å². The van der Waals surface area contributed by atoms with Gasteiger partial charge in [-0.2, -0.15) is 0 Å². The maximum atomic E-state index is 11.2. The van der Waals surface area contributed by atoms with Crippen LogP contribution in [0, 0.1) is 12.8 Å². The molecule has 0 aliphatic rings. The van der Waals surface area contributed by atoms with Crippen LogP contribution >= 0.6 is 11.3 Å². The number of aryl methyl sites for hydroxylation is 1. The monoisotopic (exact) mass is 293 g/mol. The van der Waals surface area contributed by atoms with Crippen LogP contribution in [0.15, 0.2) is 4.21 Å². The number of thiazole rings is 1. The number of carboxylic acids is 1. The second kappa shape index (κ2) is 5.21. The minimum absolute atomic E-state index is 0.0575. The van der Waals surface area contributed by atoms with Crippen molar-refractivity contribution in [2.45, 2.75) is 31.0 Å². The Hall–Kier alpha value is -1.19. The van der Waals surface area contributed by atoms with Crippen LogP contribution in [0.1, 0.15) is 19.5 Å². The number of primary sulfonamides is 1. The highest BCUT2D eigenvalue weighted by molar-refractivity contribution is 7.91. The summed E-state index contributed by atoms with van der Waals surface area (Å²) in [5.74, 6) is -1.18. The second-order valence-corrected chi connectivity index (χ2v) is 6.90. The average Bonchev–Trinajstić information content (AvgIpc) is 2.54. The Morgan fingerprint density at radius 3 is 2.39 bits per heavy atom. The zero-order valence-corrected chi connectivity index (χ0v) is 11.8. The summed E-state index contributed by atoms with van der Waals surface area (Å²) in [4.78, 5) is 15.0. The van der Waals surface area contributed by atoms with E-state index >= 15 is 0 Å². The van der Waals surface area contributed by atoms with E-state index in [9.17, 15) is 13.2 Å². The number of nitrogens with one attached hydrogen (secondary N) is 1. The number of nitrogens with zero attached hydrogens (tertiary/aromatic N) is 1. The van der Waals surface area contributed by atoms with Crippen molar-refractivity contribution in [3.8, 4) is 0 Å². The zero-order chi connectivity index (χ0) is 14.1. The number of carboxylic acid groups (broad SMARTS) is 1. The third-order valence-electron chi connectivity index (χ3n) is 2.22. The lowest BCUT2D eigenvalue weighted by molar-refractivity contribution is -0.138. The summed E-state index contributed by atoms with van der Waals surface area (Å²) in [5.41, 5.74) is 0.262. The fourth-order valence-electron chi connectivity index (χ4n) is 1.35. The van der Waals surface area contributed by atoms with Gasteiger partial charge in [0.15, 0.2) is 9.34 Å². The molecule has 0 amide bonds. The van der Waals surface area contributed by atoms with Gasteiger partial charge < -0.3 is 10.4 Å². The van der Waals surface area contributed by atoms with Crippen LogP contribution in [0.25, 0.3) is 0 Å². The summed E-state index contributed by atoms with van der Waals surface area (Å²) in [6, 6.07) is -0.830. The molecule has 0 saturated carbocycles. The SMILES string of the molecule is Cc1nc(N[C@H](C(=O)O)C(C)C)sc1S(N)(=O)=O. The van der Waals surface area contributed by atoms with Gasteiger partial charge in [0.1, 0.15) is 6.04 Å². The standard InChI is InChI=1S/C9H15N3O4S2/c1-4(2)6(7(13)14)12-9-11-5(3)8(17-9)18(10,15)16/h4,6H,1-3H3,(H,11,12)(H,13,14)(H2,10,15,16)/t6-/m0/s1. The van der Waals surface area contributed by atoms with Crippen molar-refractivity contribution in [2.24, 2.45) is 11.1 Å². The lowest BCUT2D eigenvalue weighted by Crippen LogP contribution is -2.34. The Morgan fingerprint density at radius 1 is 1.50 bits per heavy atom. The quantitative estimate of drug-likeness (QED) is 0.731. The summed E-state index contributed by atoms with van der Waals surface area (Å²) in [5, 5.41) is 17.0. The van der Waals surface area contributed by atoms with Gasteiger partial charge in [0.2, 0.25) is 10.0 Å². The molecule has 4 N–H and O–H groups in total. The molecule has 0 aliphatic heterocycles. The summed E-state index contributed by atoms with van der Waals surface area (Å²) >= 11 is 0.831. The van der Waals surface area contributed by atoms with E-state index in [1.54, 1.807) is 13.8 Å². The molecule has 1 heterocycles. The van der Waals surface area contributed by atoms with Gasteiger partial charge in [-0.05, 0) is 12.8 Å². The van der Waals surface area contributed by atoms with E-state index in [-0.39, 0.29) is 21.0 Å². The van der Waals surface area contributed by atoms with Crippen molar-refractivity contribution in [2.75, 3.05) is 5.32 Å². The number of carbonyl (C=O) groups is 1. The number of sulfonamides is 1. The van der Waals surface area contributed by atoms with Crippen molar-refractivity contribution in [1.29, 1.82) is 0 Å². The van der Waals surface area contributed by atoms with Crippen molar-refractivity contribution in [3.05, 3.63) is 5.69 Å². The number of nitrogens with two attached hydrogens (primary N) is 1. The molecule has 1 aromatic rings. The summed E-state index contributed by atoms with van der Waals surface area (Å²) in [6.07, 6.45) is 0. The van der Waals surface area contributed by atoms with Gasteiger partial charge in [0.05, 0.1) is 5.69 Å². The van der Waals surface area contributed by atoms with E-state index in [4.69, 9.17) is 10.2 Å². The first-order valence-corrected chi connectivity index (χ1v) is 7.48. The third-order valence-corrected chi connectivity index (χ3v) is 4.87. The smallest absolute Gasteiger partial charge is 0.326 e. The zero-order valence-electron chi connectivity index (χ0n) is 10.2. The molecule has 1 rings (SSSR count). The molecule has 0 aromatic carbocycles. The average molecular weight is 293 g/mol. The number of hydrogen-bond acceptors (Lipinski definition) is 6. The third kappa shape index (κ3) is 3.40. The Labute approximate surface area is 109 Å². The van der Waals surface area contributed by atoms with Crippen LogP contribution in [0.2, 0.25) is 0 Å². The minimum atomic E-state index is -3.82. The predicted octanol–water partition coefficient (Wildman–Crippen LogP) is 0.620. The van der Waals surface area contributed by atoms with Crippen LogP contribution in [0.5, 0.6) is 0 Å². The molecule has 0 saturated heterocycles. The molecule has 0 bridgehead atoms. The Bertz CT molecular complexity index is 550. The number of rotatable bonds is 5. The van der Waals surface area contributed by atoms with E-state index in [1.165, 1.54) is 6.92 Å². The highest BCUT2D eigenvalue weighted by Crippen LogP contribution is 2.27. The number of aromatic nitrogens is 1. The van der Waals surface area contributed by atoms with Gasteiger partial charge in [-0.3, -0.25) is 0 Å². The molecule has 102 valence electrons. The van der Waals surface area contributed by atoms with Crippen LogP contribution < -0.4 is 10.5 Å². The topological polar surface area (TPSA) is 122 Å². The molecule has 0 fully saturated rings. The van der Waals surface area contributed by atoms with Gasteiger partial charge in [0.25, 0.3) is 0 Å². The maximum absolute atomic E-state index is 11.2.